The summed E-state index contributed by atoms with van der Waals surface area (Å²) in [5.41, 5.74) is 23.6. The van der Waals surface area contributed by atoms with Gasteiger partial charge in [0.25, 0.3) is 0 Å². The number of fused-ring (bicyclic) bond motifs is 1. The molecule has 0 amide bonds. The van der Waals surface area contributed by atoms with E-state index in [0.717, 1.165) is 60.4 Å². The molecule has 15 nitrogen and oxygen atoms in total. The molecule has 474 valence electrons. The molecule has 12 aromatic rings. The molecule has 1 atom stereocenters. The van der Waals surface area contributed by atoms with Crippen LogP contribution in [0.15, 0.2) is 197 Å². The smallest absolute Gasteiger partial charge is 0.250 e. The zero-order valence-electron chi connectivity index (χ0n) is 53.1. The number of carbonyl (C=O) groups excluding carboxylic acids is 1. The predicted octanol–water partition coefficient (Wildman–Crippen LogP) is 18.1. The van der Waals surface area contributed by atoms with Crippen molar-refractivity contribution >= 4 is 81.3 Å². The van der Waals surface area contributed by atoms with Gasteiger partial charge in [-0.15, -0.1) is 34.0 Å². The molecule has 20 heteroatoms. The third kappa shape index (κ3) is 19.1. The van der Waals surface area contributed by atoms with Crippen LogP contribution in [0.3, 0.4) is 0 Å². The van der Waals surface area contributed by atoms with Crippen LogP contribution in [0.2, 0.25) is 18.1 Å². The highest BCUT2D eigenvalue weighted by Crippen LogP contribution is 2.38. The van der Waals surface area contributed by atoms with Crippen LogP contribution in [0.25, 0.3) is 60.6 Å². The lowest BCUT2D eigenvalue weighted by Crippen LogP contribution is -2.43. The third-order valence-corrected chi connectivity index (χ3v) is 22.4. The zero-order chi connectivity index (χ0) is 66.1. The Morgan fingerprint density at radius 1 is 0.620 bits per heavy atom. The second-order valence-corrected chi connectivity index (χ2v) is 31.5. The number of imidazole rings is 1. The van der Waals surface area contributed by atoms with Gasteiger partial charge in [-0.05, 0) is 163 Å². The molecule has 0 fully saturated rings. The number of halogens is 1. The van der Waals surface area contributed by atoms with Crippen LogP contribution in [-0.2, 0) is 22.4 Å². The number of Topliss-reactive ketones (excluding diaryl/α,β-unsaturated/α-hetero) is 1. The predicted molar refractivity (Wildman–Crippen MR) is 383 cm³/mol. The number of aryl methyl sites for hydroxylation is 3. The highest BCUT2D eigenvalue weighted by Gasteiger charge is 2.39. The molecule has 5 aromatic carbocycles. The molecule has 0 aliphatic rings. The van der Waals surface area contributed by atoms with Crippen molar-refractivity contribution in [1.29, 1.82) is 0 Å². The van der Waals surface area contributed by atoms with Gasteiger partial charge in [0.05, 0.1) is 39.2 Å². The Balaban J connectivity index is 0.000000157. The lowest BCUT2D eigenvalue weighted by Gasteiger charge is -2.36. The van der Waals surface area contributed by atoms with Gasteiger partial charge in [-0.3, -0.25) is 9.20 Å². The fraction of sp³-hybridized carbons (Fsp3) is 0.208. The monoisotopic (exact) mass is 1370 g/mol. The number of thiophene rings is 3. The molecule has 7 heterocycles. The first-order valence-corrected chi connectivity index (χ1v) is 36.0. The van der Waals surface area contributed by atoms with E-state index < -0.39 is 8.32 Å². The summed E-state index contributed by atoms with van der Waals surface area (Å²) in [7, 11) is -1.81. The van der Waals surface area contributed by atoms with Gasteiger partial charge in [0.1, 0.15) is 45.0 Å². The first kappa shape index (κ1) is 69.0. The fourth-order valence-corrected chi connectivity index (χ4v) is 11.9. The molecule has 92 heavy (non-hydrogen) atoms. The average Bonchev–Trinajstić information content (AvgIpc) is 1.61. The number of hydrogen-bond acceptors (Lipinski definition) is 17. The summed E-state index contributed by atoms with van der Waals surface area (Å²) in [4.78, 5) is 42.1. The standard InChI is InChI=1S/C23H17N3O3S.C18H30O3Si.C15H13N3S.C11H10BrN3.C5H6S/c27-16-7-3-14(4-8-16)12-18-23(29)26-13-19(15-5-9-17(28)10-6-15)24-21(22(26)25-18)20-2-1-11-30-20;1-8-20-14(2)17(19)13-15-9-11-16(12-10-15)21-22(6,7)18(3,4)5;1-10-4-6-11(7-5-10)12-9-17-15(16)14(18-12)13-3-2-8-19-13;1-7-2-4-8(5-3-7)9-6-14-11(13)10(12)15-9;1-5-3-2-4-6-5/h1-11,13,27-29H,12H2;9-12,14H,8,13H2,1-7H3;2-9H,1H3,(H2,16,17);2-6H,1H3,(H2,13,14);2-4H,1H3. The summed E-state index contributed by atoms with van der Waals surface area (Å²) >= 11 is 8.20. The summed E-state index contributed by atoms with van der Waals surface area (Å²) in [6.07, 6.45) is 5.63. The molecule has 0 saturated carbocycles. The van der Waals surface area contributed by atoms with E-state index in [-0.39, 0.29) is 34.3 Å². The minimum Gasteiger partial charge on any atom is -0.544 e. The number of rotatable bonds is 14. The van der Waals surface area contributed by atoms with Crippen molar-refractivity contribution < 1.29 is 29.3 Å². The number of nitrogen functional groups attached to an aromatic ring is 2. The molecular formula is C72H76BrN9O6S3Si. The number of nitrogens with zero attached hydrogens (tertiary/aromatic N) is 7. The van der Waals surface area contributed by atoms with Crippen molar-refractivity contribution in [2.24, 2.45) is 0 Å². The molecule has 0 saturated heterocycles. The lowest BCUT2D eigenvalue weighted by atomic mass is 10.1. The van der Waals surface area contributed by atoms with E-state index >= 15 is 0 Å². The van der Waals surface area contributed by atoms with Crippen LogP contribution in [0.5, 0.6) is 23.1 Å². The Bertz CT molecular complexity index is 4280. The van der Waals surface area contributed by atoms with E-state index in [1.807, 2.05) is 110 Å². The number of ether oxygens (including phenoxy) is 1. The number of anilines is 2. The molecule has 0 spiro atoms. The van der Waals surface area contributed by atoms with E-state index in [1.165, 1.54) is 16.0 Å². The first-order chi connectivity index (χ1) is 43.9. The molecule has 0 bridgehead atoms. The van der Waals surface area contributed by atoms with E-state index in [9.17, 15) is 20.1 Å². The van der Waals surface area contributed by atoms with Crippen LogP contribution in [-0.4, -0.2) is 76.4 Å². The Morgan fingerprint density at radius 2 is 1.11 bits per heavy atom. The quantitative estimate of drug-likeness (QED) is 0.0638. The van der Waals surface area contributed by atoms with Crippen LogP contribution < -0.4 is 15.9 Å². The van der Waals surface area contributed by atoms with Crippen LogP contribution in [0.4, 0.5) is 11.6 Å². The molecule has 12 rings (SSSR count). The van der Waals surface area contributed by atoms with Gasteiger partial charge in [-0.2, -0.15) is 0 Å². The summed E-state index contributed by atoms with van der Waals surface area (Å²) in [5.74, 6) is 2.31. The molecular weight excluding hydrogens is 1290 g/mol. The second kappa shape index (κ2) is 31.9. The number of carbonyl (C=O) groups is 1. The van der Waals surface area contributed by atoms with Crippen molar-refractivity contribution in [3.8, 4) is 78.0 Å². The molecule has 0 radical (unpaired) electrons. The van der Waals surface area contributed by atoms with Crippen LogP contribution >= 0.6 is 49.9 Å². The largest absolute Gasteiger partial charge is 0.544 e. The Morgan fingerprint density at radius 3 is 1.61 bits per heavy atom. The third-order valence-electron chi connectivity index (χ3n) is 14.9. The fourth-order valence-electron chi connectivity index (χ4n) is 8.62. The van der Waals surface area contributed by atoms with Crippen molar-refractivity contribution in [1.82, 2.24) is 34.3 Å². The number of ketones is 1. The number of aromatic nitrogens is 7. The summed E-state index contributed by atoms with van der Waals surface area (Å²) < 4.78 is 13.8. The number of phenolic OH excluding ortho intramolecular Hbond substituents is 2. The lowest BCUT2D eigenvalue weighted by molar-refractivity contribution is -0.128. The Kier molecular flexibility index (Phi) is 23.9. The Hall–Kier alpha value is -8.89. The van der Waals surface area contributed by atoms with Crippen molar-refractivity contribution in [2.75, 3.05) is 18.1 Å². The zero-order valence-corrected chi connectivity index (χ0v) is 58.2. The summed E-state index contributed by atoms with van der Waals surface area (Å²) in [6, 6.07) is 49.9. The summed E-state index contributed by atoms with van der Waals surface area (Å²) in [5, 5.41) is 36.3. The maximum atomic E-state index is 12.0. The van der Waals surface area contributed by atoms with Gasteiger partial charge < -0.3 is 35.9 Å². The van der Waals surface area contributed by atoms with Crippen LogP contribution in [0, 0.1) is 20.8 Å². The number of benzene rings is 5. The van der Waals surface area contributed by atoms with Crippen molar-refractivity contribution in [3.63, 3.8) is 0 Å². The highest BCUT2D eigenvalue weighted by atomic mass is 79.9. The minimum atomic E-state index is -1.81. The van der Waals surface area contributed by atoms with Gasteiger partial charge in [0.2, 0.25) is 14.2 Å². The molecule has 0 aliphatic heterocycles. The van der Waals surface area contributed by atoms with E-state index in [0.29, 0.717) is 58.4 Å². The van der Waals surface area contributed by atoms with Crippen molar-refractivity contribution in [3.05, 3.63) is 230 Å². The molecule has 7 aromatic heterocycles. The maximum absolute atomic E-state index is 12.0. The van der Waals surface area contributed by atoms with E-state index in [2.05, 4.69) is 118 Å². The molecule has 0 aliphatic carbocycles. The summed E-state index contributed by atoms with van der Waals surface area (Å²) in [6.45, 7) is 21.6. The Labute approximate surface area is 559 Å². The maximum Gasteiger partial charge on any atom is 0.250 e. The van der Waals surface area contributed by atoms with Gasteiger partial charge in [0.15, 0.2) is 23.1 Å². The van der Waals surface area contributed by atoms with E-state index in [4.69, 9.17) is 25.6 Å². The highest BCUT2D eigenvalue weighted by molar-refractivity contribution is 9.10. The SMILES string of the molecule is CCOC(C)C(=O)Cc1ccc(O[Si](C)(C)C(C)(C)C)cc1.Cc1ccc(-c2cnc(N)c(-c3cccs3)n2)cc1.Cc1ccc(-c2cnc(N)c(Br)n2)cc1.Cc1cccs1.Oc1ccc(Cc2nc3c(-c4cccs4)nc(-c4ccc(O)cc4)cn3c2O)cc1. The topological polar surface area (TPSA) is 230 Å². The van der Waals surface area contributed by atoms with E-state index in [1.54, 1.807) is 112 Å². The number of nitrogens with two attached hydrogens (primary N) is 2. The van der Waals surface area contributed by atoms with Crippen LogP contribution in [0.1, 0.15) is 67.4 Å². The van der Waals surface area contributed by atoms with Gasteiger partial charge in [-0.1, -0.05) is 123 Å². The first-order valence-electron chi connectivity index (χ1n) is 29.7. The number of hydrogen-bond donors (Lipinski definition) is 5. The number of phenols is 2. The molecule has 7 N–H and O–H groups in total. The van der Waals surface area contributed by atoms with Gasteiger partial charge in [-0.25, -0.2) is 29.9 Å². The minimum absolute atomic E-state index is 0.0540. The van der Waals surface area contributed by atoms with Crippen molar-refractivity contribution in [2.45, 2.75) is 92.5 Å². The molecule has 1 unspecified atom stereocenters. The van der Waals surface area contributed by atoms with Gasteiger partial charge in [0, 0.05) is 47.2 Å². The normalized spacial score (nSPS) is 11.4. The second-order valence-electron chi connectivity index (χ2n) is 23.0. The van der Waals surface area contributed by atoms with Gasteiger partial charge >= 0.3 is 0 Å². The number of aromatic hydroxyl groups is 3. The average molecular weight is 1370 g/mol.